The van der Waals surface area contributed by atoms with E-state index in [0.717, 1.165) is 17.3 Å². The van der Waals surface area contributed by atoms with Gasteiger partial charge in [0.25, 0.3) is 0 Å². The zero-order chi connectivity index (χ0) is 9.68. The van der Waals surface area contributed by atoms with E-state index in [0.29, 0.717) is 5.92 Å². The monoisotopic (exact) mass is 242 g/mol. The molecule has 0 radical (unpaired) electrons. The lowest BCUT2D eigenvalue weighted by molar-refractivity contribution is 0.258. The van der Waals surface area contributed by atoms with Crippen LogP contribution in [-0.2, 0) is 0 Å². The van der Waals surface area contributed by atoms with Crippen molar-refractivity contribution in [3.05, 3.63) is 34.3 Å². The molecule has 0 amide bonds. The summed E-state index contributed by atoms with van der Waals surface area (Å²) in [6, 6.07) is 8.18. The van der Waals surface area contributed by atoms with Gasteiger partial charge in [0.05, 0.1) is 0 Å². The van der Waals surface area contributed by atoms with E-state index in [9.17, 15) is 0 Å². The van der Waals surface area contributed by atoms with Gasteiger partial charge in [0.1, 0.15) is 0 Å². The van der Waals surface area contributed by atoms with Crippen molar-refractivity contribution in [2.45, 2.75) is 25.7 Å². The van der Waals surface area contributed by atoms with Gasteiger partial charge in [-0.25, -0.2) is 0 Å². The first kappa shape index (κ1) is 10.7. The molecule has 1 aromatic carbocycles. The maximum absolute atomic E-state index is 9.17. The van der Waals surface area contributed by atoms with Crippen molar-refractivity contribution in [2.24, 2.45) is 0 Å². The Hall–Kier alpha value is -0.340. The molecular weight excluding hydrogens is 228 g/mol. The number of halogens is 1. The molecular formula is C11H15BrO. The third kappa shape index (κ3) is 3.12. The summed E-state index contributed by atoms with van der Waals surface area (Å²) in [4.78, 5) is 0. The van der Waals surface area contributed by atoms with Crippen molar-refractivity contribution in [1.82, 2.24) is 0 Å². The van der Waals surface area contributed by atoms with Crippen molar-refractivity contribution in [3.63, 3.8) is 0 Å². The Kier molecular flexibility index (Phi) is 4.46. The van der Waals surface area contributed by atoms with E-state index in [2.05, 4.69) is 35.0 Å². The maximum Gasteiger partial charge on any atom is 0.0499 e. The van der Waals surface area contributed by atoms with E-state index in [-0.39, 0.29) is 6.61 Å². The fourth-order valence-electron chi connectivity index (χ4n) is 1.45. The second-order valence-corrected chi connectivity index (χ2v) is 4.14. The van der Waals surface area contributed by atoms with Gasteiger partial charge >= 0.3 is 0 Å². The standard InChI is InChI=1S/C11H15BrO/c1-2-3-10(8-13)9-4-6-11(12)7-5-9/h4-7,10,13H,2-3,8H2,1H3. The summed E-state index contributed by atoms with van der Waals surface area (Å²) < 4.78 is 1.09. The van der Waals surface area contributed by atoms with Crippen LogP contribution < -0.4 is 0 Å². The number of hydrogen-bond acceptors (Lipinski definition) is 1. The Morgan fingerprint density at radius 3 is 2.38 bits per heavy atom. The van der Waals surface area contributed by atoms with Gasteiger partial charge in [-0.15, -0.1) is 0 Å². The number of hydrogen-bond donors (Lipinski definition) is 1. The molecule has 0 heterocycles. The van der Waals surface area contributed by atoms with E-state index < -0.39 is 0 Å². The summed E-state index contributed by atoms with van der Waals surface area (Å²) >= 11 is 3.39. The Balaban J connectivity index is 2.73. The van der Waals surface area contributed by atoms with Gasteiger partial charge in [-0.1, -0.05) is 41.4 Å². The Labute approximate surface area is 87.9 Å². The normalized spacial score (nSPS) is 12.8. The lowest BCUT2D eigenvalue weighted by Crippen LogP contribution is -2.03. The molecule has 1 atom stereocenters. The predicted octanol–water partition coefficient (Wildman–Crippen LogP) is 3.33. The summed E-state index contributed by atoms with van der Waals surface area (Å²) in [7, 11) is 0. The van der Waals surface area contributed by atoms with Crippen LogP contribution in [0.2, 0.25) is 0 Å². The molecule has 1 nitrogen and oxygen atoms in total. The fourth-order valence-corrected chi connectivity index (χ4v) is 1.71. The molecule has 0 aliphatic rings. The van der Waals surface area contributed by atoms with Crippen LogP contribution in [0, 0.1) is 0 Å². The molecule has 0 aromatic heterocycles. The van der Waals surface area contributed by atoms with Crippen LogP contribution in [-0.4, -0.2) is 11.7 Å². The van der Waals surface area contributed by atoms with E-state index >= 15 is 0 Å². The van der Waals surface area contributed by atoms with Gasteiger partial charge in [-0.05, 0) is 24.1 Å². The average Bonchev–Trinajstić information content (AvgIpc) is 2.16. The lowest BCUT2D eigenvalue weighted by atomic mass is 9.96. The molecule has 0 aliphatic carbocycles. The number of benzene rings is 1. The van der Waals surface area contributed by atoms with E-state index in [1.54, 1.807) is 0 Å². The smallest absolute Gasteiger partial charge is 0.0499 e. The molecule has 2 heteroatoms. The third-order valence-corrected chi connectivity index (χ3v) is 2.73. The number of aliphatic hydroxyl groups is 1. The molecule has 1 N–H and O–H groups in total. The van der Waals surface area contributed by atoms with Crippen LogP contribution in [0.3, 0.4) is 0 Å². The quantitative estimate of drug-likeness (QED) is 0.859. The first-order chi connectivity index (χ1) is 6.27. The highest BCUT2D eigenvalue weighted by molar-refractivity contribution is 9.10. The first-order valence-corrected chi connectivity index (χ1v) is 5.43. The second kappa shape index (κ2) is 5.40. The van der Waals surface area contributed by atoms with Crippen LogP contribution >= 0.6 is 15.9 Å². The third-order valence-electron chi connectivity index (χ3n) is 2.20. The van der Waals surface area contributed by atoms with Gasteiger partial charge in [0.15, 0.2) is 0 Å². The van der Waals surface area contributed by atoms with Gasteiger partial charge in [-0.3, -0.25) is 0 Å². The minimum absolute atomic E-state index is 0.246. The topological polar surface area (TPSA) is 20.2 Å². The van der Waals surface area contributed by atoms with E-state index in [4.69, 9.17) is 5.11 Å². The lowest BCUT2D eigenvalue weighted by Gasteiger charge is -2.13. The summed E-state index contributed by atoms with van der Waals surface area (Å²) in [5, 5.41) is 9.17. The van der Waals surface area contributed by atoms with Crippen molar-refractivity contribution < 1.29 is 5.11 Å². The Morgan fingerprint density at radius 2 is 1.92 bits per heavy atom. The summed E-state index contributed by atoms with van der Waals surface area (Å²) in [5.41, 5.74) is 1.23. The predicted molar refractivity (Wildman–Crippen MR) is 58.9 cm³/mol. The fraction of sp³-hybridized carbons (Fsp3) is 0.455. The maximum atomic E-state index is 9.17. The first-order valence-electron chi connectivity index (χ1n) is 4.64. The SMILES string of the molecule is CCCC(CO)c1ccc(Br)cc1. The molecule has 0 aliphatic heterocycles. The van der Waals surface area contributed by atoms with Crippen molar-refractivity contribution in [3.8, 4) is 0 Å². The van der Waals surface area contributed by atoms with Crippen LogP contribution in [0.1, 0.15) is 31.2 Å². The molecule has 0 fully saturated rings. The molecule has 0 bridgehead atoms. The zero-order valence-electron chi connectivity index (χ0n) is 7.83. The highest BCUT2D eigenvalue weighted by atomic mass is 79.9. The van der Waals surface area contributed by atoms with Crippen molar-refractivity contribution in [1.29, 1.82) is 0 Å². The zero-order valence-corrected chi connectivity index (χ0v) is 9.42. The number of rotatable bonds is 4. The second-order valence-electron chi connectivity index (χ2n) is 3.22. The van der Waals surface area contributed by atoms with Crippen molar-refractivity contribution >= 4 is 15.9 Å². The van der Waals surface area contributed by atoms with Crippen molar-refractivity contribution in [2.75, 3.05) is 6.61 Å². The molecule has 72 valence electrons. The summed E-state index contributed by atoms with van der Waals surface area (Å²) in [6.45, 7) is 2.39. The highest BCUT2D eigenvalue weighted by Crippen LogP contribution is 2.22. The minimum atomic E-state index is 0.246. The molecule has 1 aromatic rings. The van der Waals surface area contributed by atoms with E-state index in [1.165, 1.54) is 5.56 Å². The minimum Gasteiger partial charge on any atom is -0.396 e. The largest absolute Gasteiger partial charge is 0.396 e. The number of aliphatic hydroxyl groups excluding tert-OH is 1. The van der Waals surface area contributed by atoms with Crippen LogP contribution in [0.5, 0.6) is 0 Å². The Bertz CT molecular complexity index is 243. The average molecular weight is 243 g/mol. The van der Waals surface area contributed by atoms with Crippen LogP contribution in [0.15, 0.2) is 28.7 Å². The summed E-state index contributed by atoms with van der Waals surface area (Å²) in [6.07, 6.45) is 2.17. The van der Waals surface area contributed by atoms with Gasteiger partial charge < -0.3 is 5.11 Å². The van der Waals surface area contributed by atoms with E-state index in [1.807, 2.05) is 12.1 Å². The van der Waals surface area contributed by atoms with Gasteiger partial charge in [-0.2, -0.15) is 0 Å². The molecule has 0 saturated carbocycles. The molecule has 0 saturated heterocycles. The van der Waals surface area contributed by atoms with Crippen LogP contribution in [0.4, 0.5) is 0 Å². The van der Waals surface area contributed by atoms with Gasteiger partial charge in [0.2, 0.25) is 0 Å². The molecule has 1 unspecified atom stereocenters. The molecule has 13 heavy (non-hydrogen) atoms. The van der Waals surface area contributed by atoms with Gasteiger partial charge in [0, 0.05) is 17.0 Å². The molecule has 1 rings (SSSR count). The molecule has 0 spiro atoms. The van der Waals surface area contributed by atoms with Crippen LogP contribution in [0.25, 0.3) is 0 Å². The summed E-state index contributed by atoms with van der Waals surface area (Å²) in [5.74, 6) is 0.304. The Morgan fingerprint density at radius 1 is 1.31 bits per heavy atom. The highest BCUT2D eigenvalue weighted by Gasteiger charge is 2.08.